The van der Waals surface area contributed by atoms with Crippen LogP contribution in [-0.2, 0) is 13.6 Å². The zero-order chi connectivity index (χ0) is 27.5. The molecule has 0 aliphatic carbocycles. The number of nitrogens with zero attached hydrogens (tertiary/aromatic N) is 4. The summed E-state index contributed by atoms with van der Waals surface area (Å²) in [5, 5.41) is 2.06. The molecule has 0 radical (unpaired) electrons. The van der Waals surface area contributed by atoms with Crippen LogP contribution in [0.1, 0.15) is 29.2 Å². The molecule has 0 aliphatic rings. The predicted octanol–water partition coefficient (Wildman–Crippen LogP) is 7.06. The average Bonchev–Trinajstić information content (AvgIpc) is 3.71. The topological polar surface area (TPSA) is 57.4 Å². The van der Waals surface area contributed by atoms with E-state index in [0.29, 0.717) is 12.2 Å². The van der Waals surface area contributed by atoms with Crippen LogP contribution in [0.15, 0.2) is 129 Å². The first-order valence-electron chi connectivity index (χ1n) is 13.3. The van der Waals surface area contributed by atoms with E-state index in [9.17, 15) is 4.79 Å². The highest BCUT2D eigenvalue weighted by Crippen LogP contribution is 2.30. The van der Waals surface area contributed by atoms with Crippen molar-refractivity contribution in [3.05, 3.63) is 147 Å². The first-order valence-corrected chi connectivity index (χ1v) is 14.2. The molecule has 0 N–H and O–H groups in total. The van der Waals surface area contributed by atoms with Crippen molar-refractivity contribution in [2.24, 2.45) is 12.0 Å². The molecule has 0 saturated heterocycles. The number of rotatable bonds is 8. The van der Waals surface area contributed by atoms with E-state index >= 15 is 0 Å². The number of hydrogen-bond acceptors (Lipinski definition) is 4. The molecule has 3 aromatic heterocycles. The molecule has 0 fully saturated rings. The first kappa shape index (κ1) is 25.6. The molecule has 0 unspecified atom stereocenters. The lowest BCUT2D eigenvalue weighted by Crippen LogP contribution is -2.20. The lowest BCUT2D eigenvalue weighted by molar-refractivity contribution is 0.554. The third kappa shape index (κ3) is 4.92. The highest BCUT2D eigenvalue weighted by Gasteiger charge is 2.19. The highest BCUT2D eigenvalue weighted by molar-refractivity contribution is 7.07. The van der Waals surface area contributed by atoms with Gasteiger partial charge in [0.25, 0.3) is 5.56 Å². The Balaban J connectivity index is 1.45. The smallest absolute Gasteiger partial charge is 0.297 e. The minimum atomic E-state index is -0.142. The van der Waals surface area contributed by atoms with Crippen molar-refractivity contribution < 1.29 is 4.42 Å². The molecule has 40 heavy (non-hydrogen) atoms. The maximum atomic E-state index is 13.6. The standard InChI is InChI=1S/C33H30N4O2S/c1-24-31(32(38)37(35(24)2)27-17-10-5-11-18-27)34-33-36(29(23-40-33)30-19-12-22-39-30)21-20-28(25-13-6-3-7-14-25)26-15-8-4-9-16-26/h3-19,22-23,28H,20-21H2,1-2H3. The van der Waals surface area contributed by atoms with Gasteiger partial charge in [-0.15, -0.1) is 11.3 Å². The molecule has 0 saturated carbocycles. The van der Waals surface area contributed by atoms with Crippen LogP contribution in [0.25, 0.3) is 17.1 Å². The summed E-state index contributed by atoms with van der Waals surface area (Å²) < 4.78 is 11.5. The Morgan fingerprint density at radius 3 is 2.08 bits per heavy atom. The van der Waals surface area contributed by atoms with Crippen LogP contribution in [0.3, 0.4) is 0 Å². The molecule has 3 heterocycles. The largest absolute Gasteiger partial charge is 0.463 e. The lowest BCUT2D eigenvalue weighted by atomic mass is 9.88. The third-order valence-electron chi connectivity index (χ3n) is 7.35. The maximum Gasteiger partial charge on any atom is 0.297 e. The third-order valence-corrected chi connectivity index (χ3v) is 8.21. The van der Waals surface area contributed by atoms with Gasteiger partial charge in [0.1, 0.15) is 0 Å². The van der Waals surface area contributed by atoms with Crippen molar-refractivity contribution in [2.45, 2.75) is 25.8 Å². The normalized spacial score (nSPS) is 11.9. The van der Waals surface area contributed by atoms with E-state index in [1.165, 1.54) is 22.5 Å². The summed E-state index contributed by atoms with van der Waals surface area (Å²) in [5.74, 6) is 0.987. The Morgan fingerprint density at radius 2 is 1.48 bits per heavy atom. The van der Waals surface area contributed by atoms with Crippen LogP contribution in [0.2, 0.25) is 0 Å². The zero-order valence-corrected chi connectivity index (χ0v) is 23.3. The molecule has 0 bridgehead atoms. The first-order chi connectivity index (χ1) is 19.6. The fraction of sp³-hybridized carbons (Fsp3) is 0.152. The second kappa shape index (κ2) is 11.2. The van der Waals surface area contributed by atoms with Crippen LogP contribution < -0.4 is 10.4 Å². The van der Waals surface area contributed by atoms with Crippen LogP contribution in [0.4, 0.5) is 5.69 Å². The van der Waals surface area contributed by atoms with Crippen molar-refractivity contribution in [3.8, 4) is 17.1 Å². The molecule has 0 atom stereocenters. The molecule has 6 rings (SSSR count). The van der Waals surface area contributed by atoms with Gasteiger partial charge in [-0.3, -0.25) is 9.48 Å². The summed E-state index contributed by atoms with van der Waals surface area (Å²) in [4.78, 5) is 19.4. The van der Waals surface area contributed by atoms with Gasteiger partial charge in [0.15, 0.2) is 16.2 Å². The quantitative estimate of drug-likeness (QED) is 0.205. The van der Waals surface area contributed by atoms with Crippen LogP contribution in [0.5, 0.6) is 0 Å². The van der Waals surface area contributed by atoms with E-state index in [-0.39, 0.29) is 11.5 Å². The SMILES string of the molecule is Cc1c(N=c2scc(-c3ccco3)n2CCC(c2ccccc2)c2ccccc2)c(=O)n(-c2ccccc2)n1C. The Hall–Kier alpha value is -4.62. The van der Waals surface area contributed by atoms with Crippen molar-refractivity contribution in [2.75, 3.05) is 0 Å². The van der Waals surface area contributed by atoms with Gasteiger partial charge in [-0.1, -0.05) is 78.9 Å². The van der Waals surface area contributed by atoms with Crippen molar-refractivity contribution in [1.29, 1.82) is 0 Å². The summed E-state index contributed by atoms with van der Waals surface area (Å²) in [7, 11) is 1.89. The number of para-hydroxylation sites is 1. The van der Waals surface area contributed by atoms with E-state index in [1.807, 2.05) is 61.1 Å². The summed E-state index contributed by atoms with van der Waals surface area (Å²) in [6.45, 7) is 2.64. The second-order valence-corrected chi connectivity index (χ2v) is 10.6. The predicted molar refractivity (Wildman–Crippen MR) is 160 cm³/mol. The summed E-state index contributed by atoms with van der Waals surface area (Å²) in [6.07, 6.45) is 2.54. The monoisotopic (exact) mass is 546 g/mol. The lowest BCUT2D eigenvalue weighted by Gasteiger charge is -2.19. The summed E-state index contributed by atoms with van der Waals surface area (Å²) in [6, 6.07) is 34.7. The van der Waals surface area contributed by atoms with E-state index in [1.54, 1.807) is 10.9 Å². The van der Waals surface area contributed by atoms with Crippen LogP contribution in [-0.4, -0.2) is 13.9 Å². The number of furan rings is 1. The molecule has 200 valence electrons. The van der Waals surface area contributed by atoms with E-state index in [4.69, 9.17) is 9.41 Å². The summed E-state index contributed by atoms with van der Waals surface area (Å²) >= 11 is 1.52. The number of hydrogen-bond donors (Lipinski definition) is 0. The van der Waals surface area contributed by atoms with E-state index in [2.05, 4.69) is 70.6 Å². The fourth-order valence-electron chi connectivity index (χ4n) is 5.19. The zero-order valence-electron chi connectivity index (χ0n) is 22.5. The molecule has 7 heteroatoms. The number of thiazole rings is 1. The minimum absolute atomic E-state index is 0.142. The molecule has 0 spiro atoms. The van der Waals surface area contributed by atoms with Crippen molar-refractivity contribution in [1.82, 2.24) is 13.9 Å². The van der Waals surface area contributed by atoms with Gasteiger partial charge in [-0.2, -0.15) is 0 Å². The molecule has 6 nitrogen and oxygen atoms in total. The molecular formula is C33H30N4O2S. The molecular weight excluding hydrogens is 516 g/mol. The molecule has 0 amide bonds. The van der Waals surface area contributed by atoms with E-state index < -0.39 is 0 Å². The van der Waals surface area contributed by atoms with Crippen molar-refractivity contribution in [3.63, 3.8) is 0 Å². The highest BCUT2D eigenvalue weighted by atomic mass is 32.1. The minimum Gasteiger partial charge on any atom is -0.463 e. The Kier molecular flexibility index (Phi) is 7.21. The van der Waals surface area contributed by atoms with Gasteiger partial charge in [-0.25, -0.2) is 9.67 Å². The molecule has 6 aromatic rings. The fourth-order valence-corrected chi connectivity index (χ4v) is 6.11. The maximum absolute atomic E-state index is 13.6. The Morgan fingerprint density at radius 1 is 0.850 bits per heavy atom. The van der Waals surface area contributed by atoms with Gasteiger partial charge in [0.05, 0.1) is 23.3 Å². The Bertz CT molecular complexity index is 1790. The van der Waals surface area contributed by atoms with Crippen molar-refractivity contribution >= 4 is 17.0 Å². The van der Waals surface area contributed by atoms with Gasteiger partial charge in [0.2, 0.25) is 0 Å². The second-order valence-electron chi connectivity index (χ2n) is 9.72. The summed E-state index contributed by atoms with van der Waals surface area (Å²) in [5.41, 5.74) is 5.40. The van der Waals surface area contributed by atoms with Gasteiger partial charge in [0, 0.05) is 24.9 Å². The van der Waals surface area contributed by atoms with E-state index in [0.717, 1.165) is 34.1 Å². The van der Waals surface area contributed by atoms with Crippen LogP contribution >= 0.6 is 11.3 Å². The number of aromatic nitrogens is 3. The molecule has 3 aromatic carbocycles. The molecule has 0 aliphatic heterocycles. The van der Waals surface area contributed by atoms with Crippen LogP contribution in [0, 0.1) is 6.92 Å². The number of benzene rings is 3. The average molecular weight is 547 g/mol. The Labute approximate surface area is 236 Å². The van der Waals surface area contributed by atoms with Gasteiger partial charge < -0.3 is 8.98 Å². The van der Waals surface area contributed by atoms with Gasteiger partial charge >= 0.3 is 0 Å². The van der Waals surface area contributed by atoms with Gasteiger partial charge in [-0.05, 0) is 48.7 Å².